The molecule has 1 amide bonds. The van der Waals surface area contributed by atoms with Gasteiger partial charge >= 0.3 is 0 Å². The lowest BCUT2D eigenvalue weighted by molar-refractivity contribution is -0.123. The number of nitrogens with one attached hydrogen (secondary N) is 2. The molecule has 2 N–H and O–H groups in total. The Kier molecular flexibility index (Phi) is 4.93. The summed E-state index contributed by atoms with van der Waals surface area (Å²) < 4.78 is 5.62. The van der Waals surface area contributed by atoms with Gasteiger partial charge in [0.25, 0.3) is 0 Å². The molecule has 0 aliphatic carbocycles. The highest BCUT2D eigenvalue weighted by atomic mass is 16.5. The fourth-order valence-corrected chi connectivity index (χ4v) is 2.23. The third-order valence-corrected chi connectivity index (χ3v) is 3.37. The normalized spacial score (nSPS) is 23.1. The van der Waals surface area contributed by atoms with Crippen molar-refractivity contribution in [3.8, 4) is 0 Å². The van der Waals surface area contributed by atoms with Crippen LogP contribution >= 0.6 is 0 Å². The minimum Gasteiger partial charge on any atom is -0.367 e. The molecule has 1 aromatic carbocycles. The van der Waals surface area contributed by atoms with Crippen LogP contribution in [0, 0.1) is 6.92 Å². The zero-order valence-electron chi connectivity index (χ0n) is 11.6. The molecular formula is C15H22N2O2. The summed E-state index contributed by atoms with van der Waals surface area (Å²) in [4.78, 5) is 11.8. The summed E-state index contributed by atoms with van der Waals surface area (Å²) >= 11 is 0. The van der Waals surface area contributed by atoms with Gasteiger partial charge in [-0.3, -0.25) is 4.79 Å². The number of piperidine rings is 1. The molecule has 0 spiro atoms. The summed E-state index contributed by atoms with van der Waals surface area (Å²) in [5.74, 6) is -0.0933. The fourth-order valence-electron chi connectivity index (χ4n) is 2.23. The van der Waals surface area contributed by atoms with Gasteiger partial charge in [-0.15, -0.1) is 0 Å². The van der Waals surface area contributed by atoms with Crippen molar-refractivity contribution in [1.29, 1.82) is 0 Å². The lowest BCUT2D eigenvalue weighted by atomic mass is 10.0. The summed E-state index contributed by atoms with van der Waals surface area (Å²) in [5.41, 5.74) is 1.95. The van der Waals surface area contributed by atoms with Gasteiger partial charge in [0.15, 0.2) is 0 Å². The topological polar surface area (TPSA) is 50.4 Å². The fraction of sp³-hybridized carbons (Fsp3) is 0.533. The molecule has 0 saturated carbocycles. The third kappa shape index (κ3) is 4.65. The molecule has 19 heavy (non-hydrogen) atoms. The van der Waals surface area contributed by atoms with Crippen molar-refractivity contribution in [2.24, 2.45) is 0 Å². The number of amides is 1. The Bertz CT molecular complexity index is 426. The first-order valence-electron chi connectivity index (χ1n) is 6.85. The second-order valence-corrected chi connectivity index (χ2v) is 5.24. The van der Waals surface area contributed by atoms with Gasteiger partial charge in [-0.1, -0.05) is 12.1 Å². The van der Waals surface area contributed by atoms with Gasteiger partial charge in [0.1, 0.15) is 6.61 Å². The minimum absolute atomic E-state index is 0.0933. The van der Waals surface area contributed by atoms with Crippen molar-refractivity contribution in [3.63, 3.8) is 0 Å². The van der Waals surface area contributed by atoms with E-state index in [1.54, 1.807) is 0 Å². The predicted molar refractivity (Wildman–Crippen MR) is 76.2 cm³/mol. The smallest absolute Gasteiger partial charge is 0.250 e. The van der Waals surface area contributed by atoms with Crippen LogP contribution in [0.2, 0.25) is 0 Å². The van der Waals surface area contributed by atoms with E-state index in [-0.39, 0.29) is 18.6 Å². The monoisotopic (exact) mass is 262 g/mol. The molecule has 0 aromatic heterocycles. The highest BCUT2D eigenvalue weighted by Gasteiger charge is 2.18. The highest BCUT2D eigenvalue weighted by Crippen LogP contribution is 2.12. The van der Waals surface area contributed by atoms with E-state index >= 15 is 0 Å². The lowest BCUT2D eigenvalue weighted by Gasteiger charge is -2.27. The Morgan fingerprint density at radius 1 is 1.47 bits per heavy atom. The first-order chi connectivity index (χ1) is 9.13. The van der Waals surface area contributed by atoms with Crippen molar-refractivity contribution >= 4 is 11.6 Å². The number of hydrogen-bond acceptors (Lipinski definition) is 3. The van der Waals surface area contributed by atoms with Crippen LogP contribution < -0.4 is 10.6 Å². The maximum atomic E-state index is 11.8. The second kappa shape index (κ2) is 6.68. The molecule has 2 unspecified atom stereocenters. The van der Waals surface area contributed by atoms with Crippen LogP contribution in [0.15, 0.2) is 24.3 Å². The highest BCUT2D eigenvalue weighted by molar-refractivity contribution is 5.91. The van der Waals surface area contributed by atoms with Crippen LogP contribution in [0.1, 0.15) is 25.3 Å². The molecule has 104 valence electrons. The largest absolute Gasteiger partial charge is 0.367 e. The Morgan fingerprint density at radius 3 is 3.00 bits per heavy atom. The van der Waals surface area contributed by atoms with Gasteiger partial charge in [-0.2, -0.15) is 0 Å². The third-order valence-electron chi connectivity index (χ3n) is 3.37. The zero-order valence-corrected chi connectivity index (χ0v) is 11.6. The van der Waals surface area contributed by atoms with Crippen LogP contribution in [-0.2, 0) is 9.53 Å². The van der Waals surface area contributed by atoms with Gasteiger partial charge in [-0.05, 0) is 44.4 Å². The Labute approximate surface area is 114 Å². The molecule has 4 nitrogen and oxygen atoms in total. The predicted octanol–water partition coefficient (Wildman–Crippen LogP) is 2.09. The number of rotatable bonds is 4. The van der Waals surface area contributed by atoms with Crippen LogP contribution in [0.4, 0.5) is 5.69 Å². The molecule has 0 bridgehead atoms. The van der Waals surface area contributed by atoms with Crippen molar-refractivity contribution in [3.05, 3.63) is 29.8 Å². The summed E-state index contributed by atoms with van der Waals surface area (Å²) in [7, 11) is 0. The number of ether oxygens (including phenoxy) is 1. The van der Waals surface area contributed by atoms with E-state index < -0.39 is 0 Å². The second-order valence-electron chi connectivity index (χ2n) is 5.24. The van der Waals surface area contributed by atoms with Crippen molar-refractivity contribution in [1.82, 2.24) is 5.32 Å². The lowest BCUT2D eigenvalue weighted by Crippen LogP contribution is -2.41. The quantitative estimate of drug-likeness (QED) is 0.873. The van der Waals surface area contributed by atoms with Crippen molar-refractivity contribution in [2.75, 3.05) is 18.5 Å². The van der Waals surface area contributed by atoms with Gasteiger partial charge in [0.2, 0.25) is 5.91 Å². The summed E-state index contributed by atoms with van der Waals surface area (Å²) in [6.45, 7) is 5.12. The molecule has 2 rings (SSSR count). The first-order valence-corrected chi connectivity index (χ1v) is 6.85. The molecule has 1 aromatic rings. The van der Waals surface area contributed by atoms with E-state index in [9.17, 15) is 4.79 Å². The maximum Gasteiger partial charge on any atom is 0.250 e. The van der Waals surface area contributed by atoms with Crippen LogP contribution in [0.5, 0.6) is 0 Å². The Balaban J connectivity index is 1.73. The van der Waals surface area contributed by atoms with E-state index in [4.69, 9.17) is 4.74 Å². The SMILES string of the molecule is Cc1cccc(NC(=O)COC2CCC(C)NC2)c1. The first kappa shape index (κ1) is 14.0. The van der Waals surface area contributed by atoms with Crippen molar-refractivity contribution in [2.45, 2.75) is 38.8 Å². The van der Waals surface area contributed by atoms with Gasteiger partial charge < -0.3 is 15.4 Å². The molecule has 2 atom stereocenters. The van der Waals surface area contributed by atoms with Crippen LogP contribution in [0.25, 0.3) is 0 Å². The molecule has 0 radical (unpaired) electrons. The average Bonchev–Trinajstić information content (AvgIpc) is 2.38. The molecule has 4 heteroatoms. The van der Waals surface area contributed by atoms with Gasteiger partial charge in [0.05, 0.1) is 6.10 Å². The molecule has 1 aliphatic heterocycles. The molecule has 1 saturated heterocycles. The summed E-state index contributed by atoms with van der Waals surface area (Å²) in [5, 5.41) is 6.20. The van der Waals surface area contributed by atoms with Crippen LogP contribution in [-0.4, -0.2) is 31.2 Å². The molecular weight excluding hydrogens is 240 g/mol. The molecule has 1 aliphatic rings. The van der Waals surface area contributed by atoms with E-state index in [2.05, 4.69) is 17.6 Å². The number of carbonyl (C=O) groups is 1. The standard InChI is InChI=1S/C15H22N2O2/c1-11-4-3-5-13(8-11)17-15(18)10-19-14-7-6-12(2)16-9-14/h3-5,8,12,14,16H,6-7,9-10H2,1-2H3,(H,17,18). The molecule has 1 fully saturated rings. The van der Waals surface area contributed by atoms with E-state index in [0.29, 0.717) is 6.04 Å². The zero-order chi connectivity index (χ0) is 13.7. The van der Waals surface area contributed by atoms with E-state index in [1.165, 1.54) is 0 Å². The number of hydrogen-bond donors (Lipinski definition) is 2. The molecule has 1 heterocycles. The van der Waals surface area contributed by atoms with Crippen LogP contribution in [0.3, 0.4) is 0 Å². The summed E-state index contributed by atoms with van der Waals surface area (Å²) in [6.07, 6.45) is 2.27. The Hall–Kier alpha value is -1.39. The minimum atomic E-state index is -0.0933. The number of benzene rings is 1. The summed E-state index contributed by atoms with van der Waals surface area (Å²) in [6, 6.07) is 8.32. The van der Waals surface area contributed by atoms with Crippen molar-refractivity contribution < 1.29 is 9.53 Å². The number of anilines is 1. The van der Waals surface area contributed by atoms with E-state index in [1.807, 2.05) is 31.2 Å². The number of carbonyl (C=O) groups excluding carboxylic acids is 1. The Morgan fingerprint density at radius 2 is 2.32 bits per heavy atom. The van der Waals surface area contributed by atoms with Gasteiger partial charge in [-0.25, -0.2) is 0 Å². The van der Waals surface area contributed by atoms with E-state index in [0.717, 1.165) is 30.6 Å². The average molecular weight is 262 g/mol. The maximum absolute atomic E-state index is 11.8. The number of aryl methyl sites for hydroxylation is 1. The van der Waals surface area contributed by atoms with Gasteiger partial charge in [0, 0.05) is 18.3 Å².